The molecule has 0 aromatic rings. The fourth-order valence-corrected chi connectivity index (χ4v) is 10.5. The van der Waals surface area contributed by atoms with E-state index < -0.39 is 0 Å². The number of rotatable bonds is 0. The van der Waals surface area contributed by atoms with Crippen LogP contribution in [0.3, 0.4) is 0 Å². The van der Waals surface area contributed by atoms with Crippen molar-refractivity contribution in [3.63, 3.8) is 0 Å². The maximum Gasteiger partial charge on any atom is 0.118 e. The van der Waals surface area contributed by atoms with Gasteiger partial charge >= 0.3 is 0 Å². The first-order valence-corrected chi connectivity index (χ1v) is 16.7. The van der Waals surface area contributed by atoms with E-state index in [9.17, 15) is 0 Å². The third-order valence-corrected chi connectivity index (χ3v) is 11.5. The molecule has 9 fully saturated rings. The van der Waals surface area contributed by atoms with Gasteiger partial charge in [0, 0.05) is 0 Å². The predicted molar refractivity (Wildman–Crippen MR) is 161 cm³/mol. The molecule has 9 rings (SSSR count). The molecule has 35 heavy (non-hydrogen) atoms. The topological polar surface area (TPSA) is 0 Å². The molecule has 0 amide bonds. The van der Waals surface area contributed by atoms with Gasteiger partial charge in [0.1, 0.15) is 29.1 Å². The fraction of sp³-hybridized carbons (Fsp3) is 1.00. The summed E-state index contributed by atoms with van der Waals surface area (Å²) in [5.41, 5.74) is 0. The van der Waals surface area contributed by atoms with Gasteiger partial charge in [0.15, 0.2) is 0 Å². The molecular weight excluding hydrogens is 416 g/mol. The fourth-order valence-electron chi connectivity index (χ4n) is 10.5. The average Bonchev–Trinajstić information content (AvgIpc) is 3.80. The second kappa shape index (κ2) is 13.4. The summed E-state index contributed by atoms with van der Waals surface area (Å²) >= 11 is 0. The van der Waals surface area contributed by atoms with Gasteiger partial charge < -0.3 is 0 Å². The molecule has 8 aliphatic heterocycles. The lowest BCUT2D eigenvalue weighted by Crippen LogP contribution is -2.20. The van der Waals surface area contributed by atoms with Crippen LogP contribution in [0.4, 0.5) is 0 Å². The van der Waals surface area contributed by atoms with E-state index in [1.807, 2.05) is 41.5 Å². The molecule has 4 heteroatoms. The zero-order valence-electron chi connectivity index (χ0n) is 24.4. The van der Waals surface area contributed by atoms with Crippen molar-refractivity contribution in [3.05, 3.63) is 0 Å². The summed E-state index contributed by atoms with van der Waals surface area (Å²) in [6, 6.07) is 0. The normalized spacial score (nSPS) is 48.3. The SMILES string of the molecule is CC.CC.CC.[B]1C2CCC1C1C3[B]C(CC3)C21.[B]1C2CCC1C1CCCC21.[B]1C2CCC1CC2. The van der Waals surface area contributed by atoms with E-state index in [0.29, 0.717) is 0 Å². The van der Waals surface area contributed by atoms with Gasteiger partial charge in [-0.25, -0.2) is 0 Å². The van der Waals surface area contributed by atoms with E-state index in [4.69, 9.17) is 0 Å². The highest BCUT2D eigenvalue weighted by atomic mass is 14.5. The van der Waals surface area contributed by atoms with Crippen molar-refractivity contribution in [1.82, 2.24) is 0 Å². The van der Waals surface area contributed by atoms with Crippen LogP contribution in [0.2, 0.25) is 46.5 Å². The molecule has 8 unspecified atom stereocenters. The molecule has 0 N–H and O–H groups in total. The first kappa shape index (κ1) is 28.3. The summed E-state index contributed by atoms with van der Waals surface area (Å²) in [6.07, 6.45) is 19.9. The van der Waals surface area contributed by atoms with E-state index >= 15 is 0 Å². The summed E-state index contributed by atoms with van der Waals surface area (Å²) < 4.78 is 0. The molecule has 192 valence electrons. The van der Waals surface area contributed by atoms with Gasteiger partial charge in [-0.3, -0.25) is 0 Å². The molecule has 1 aliphatic carbocycles. The third-order valence-electron chi connectivity index (χ3n) is 11.5. The lowest BCUT2D eigenvalue weighted by atomic mass is 9.55. The molecule has 0 aromatic heterocycles. The molecule has 8 heterocycles. The second-order valence-electron chi connectivity index (χ2n) is 12.6. The Labute approximate surface area is 224 Å². The van der Waals surface area contributed by atoms with E-state index in [2.05, 4.69) is 29.1 Å². The van der Waals surface area contributed by atoms with Crippen LogP contribution in [0.25, 0.3) is 0 Å². The molecular formula is C31H56B4. The highest BCUT2D eigenvalue weighted by Gasteiger charge is 2.59. The number of hydrogen-bond donors (Lipinski definition) is 0. The largest absolute Gasteiger partial charge is 0.118 e. The quantitative estimate of drug-likeness (QED) is 0.308. The summed E-state index contributed by atoms with van der Waals surface area (Å²) in [6.45, 7) is 12.0. The van der Waals surface area contributed by atoms with Crippen molar-refractivity contribution in [2.45, 2.75) is 172 Å². The molecule has 8 saturated heterocycles. The monoisotopic (exact) mass is 472 g/mol. The van der Waals surface area contributed by atoms with Gasteiger partial charge in [-0.05, 0) is 23.7 Å². The molecule has 4 radical (unpaired) electrons. The van der Waals surface area contributed by atoms with Crippen LogP contribution in [0.15, 0.2) is 0 Å². The smallest absolute Gasteiger partial charge is 0.0686 e. The summed E-state index contributed by atoms with van der Waals surface area (Å²) in [5, 5.41) is 0. The van der Waals surface area contributed by atoms with Crippen LogP contribution >= 0.6 is 0 Å². The van der Waals surface area contributed by atoms with Crippen LogP contribution in [0, 0.1) is 23.7 Å². The Bertz CT molecular complexity index is 547. The van der Waals surface area contributed by atoms with Crippen LogP contribution in [-0.4, -0.2) is 29.1 Å². The molecule has 9 aliphatic rings. The average molecular weight is 472 g/mol. The lowest BCUT2D eigenvalue weighted by molar-refractivity contribution is 0.236. The van der Waals surface area contributed by atoms with Gasteiger partial charge in [0.25, 0.3) is 0 Å². The molecule has 0 spiro atoms. The summed E-state index contributed by atoms with van der Waals surface area (Å²) in [7, 11) is 10.7. The van der Waals surface area contributed by atoms with E-state index in [0.717, 1.165) is 70.2 Å². The molecule has 0 aromatic carbocycles. The van der Waals surface area contributed by atoms with Crippen molar-refractivity contribution in [1.29, 1.82) is 0 Å². The minimum Gasteiger partial charge on any atom is -0.0686 e. The number of hydrogen-bond acceptors (Lipinski definition) is 0. The highest BCUT2D eigenvalue weighted by Crippen LogP contribution is 2.70. The van der Waals surface area contributed by atoms with Crippen molar-refractivity contribution >= 4 is 29.1 Å². The highest BCUT2D eigenvalue weighted by molar-refractivity contribution is 6.48. The minimum atomic E-state index is 1.05. The lowest BCUT2D eigenvalue weighted by Gasteiger charge is -2.36. The molecule has 1 saturated carbocycles. The Morgan fingerprint density at radius 3 is 0.971 bits per heavy atom. The van der Waals surface area contributed by atoms with Crippen molar-refractivity contribution in [2.24, 2.45) is 23.7 Å². The maximum absolute atomic E-state index is 2.72. The first-order valence-electron chi connectivity index (χ1n) is 16.7. The van der Waals surface area contributed by atoms with Crippen molar-refractivity contribution in [3.8, 4) is 0 Å². The Kier molecular flexibility index (Phi) is 10.8. The Hall–Kier alpha value is 0.260. The van der Waals surface area contributed by atoms with Crippen LogP contribution < -0.4 is 0 Å². The standard InChI is InChI=1S/C10H14B2.C9H14B.C6H10B.3C2H6/c1-2-6-10-8-4-3-7(12-8)9(10)5(1)11-6;1-2-6-7(3-1)9-5-4-8(6)10-9;1-2-6-4-3-5(1)7-6;3*1-2/h5-10H,1-4H2;6-9H,1-5H2;5-6H,1-4H2;3*1-2H3. The van der Waals surface area contributed by atoms with Crippen LogP contribution in [0.5, 0.6) is 0 Å². The van der Waals surface area contributed by atoms with Gasteiger partial charge in [-0.2, -0.15) is 0 Å². The van der Waals surface area contributed by atoms with Crippen LogP contribution in [-0.2, 0) is 0 Å². The molecule has 8 atom stereocenters. The zero-order valence-corrected chi connectivity index (χ0v) is 24.4. The van der Waals surface area contributed by atoms with Gasteiger partial charge in [-0.15, -0.1) is 0 Å². The van der Waals surface area contributed by atoms with Crippen LogP contribution in [0.1, 0.15) is 125 Å². The second-order valence-corrected chi connectivity index (χ2v) is 12.6. The van der Waals surface area contributed by atoms with Gasteiger partial charge in [0.05, 0.1) is 0 Å². The summed E-state index contributed by atoms with van der Waals surface area (Å²) in [4.78, 5) is 0. The maximum atomic E-state index is 2.72. The summed E-state index contributed by atoms with van der Waals surface area (Å²) in [5.74, 6) is 13.0. The van der Waals surface area contributed by atoms with E-state index in [1.54, 1.807) is 12.8 Å². The van der Waals surface area contributed by atoms with E-state index in [-0.39, 0.29) is 0 Å². The van der Waals surface area contributed by atoms with E-state index in [1.165, 1.54) is 70.6 Å². The Morgan fingerprint density at radius 2 is 0.657 bits per heavy atom. The minimum absolute atomic E-state index is 1.05. The molecule has 0 nitrogen and oxygen atoms in total. The van der Waals surface area contributed by atoms with Gasteiger partial charge in [-0.1, -0.05) is 172 Å². The molecule has 8 bridgehead atoms. The number of fused-ring (bicyclic) bond motifs is 16. The predicted octanol–water partition coefficient (Wildman–Crippen LogP) is 9.82. The Balaban J connectivity index is 0.000000115. The van der Waals surface area contributed by atoms with Crippen molar-refractivity contribution in [2.75, 3.05) is 0 Å². The van der Waals surface area contributed by atoms with Crippen molar-refractivity contribution < 1.29 is 0 Å². The van der Waals surface area contributed by atoms with Gasteiger partial charge in [0.2, 0.25) is 0 Å². The zero-order chi connectivity index (χ0) is 24.9. The first-order chi connectivity index (χ1) is 17.3. The third kappa shape index (κ3) is 5.68. The Morgan fingerprint density at radius 1 is 0.343 bits per heavy atom.